The molecule has 0 saturated heterocycles. The van der Waals surface area contributed by atoms with Gasteiger partial charge in [-0.3, -0.25) is 0 Å². The largest absolute Gasteiger partial charge is 0.461 e. The number of carbonyl (C=O) groups is 6. The number of benzene rings is 2. The molecule has 0 radical (unpaired) electrons. The third-order valence-corrected chi connectivity index (χ3v) is 6.80. The Kier molecular flexibility index (Phi) is 13.9. The van der Waals surface area contributed by atoms with Crippen molar-refractivity contribution in [2.24, 2.45) is 5.41 Å². The monoisotopic (exact) mass is 638 g/mol. The second kappa shape index (κ2) is 17.3. The Balaban J connectivity index is 2.39. The SMILES string of the molecule is C=C(C)C(=O)OCC(CCc1ccc(-c2ccc(OC(=O)C(=C)C)cc2)c(CC)c1)(COC(=O)C(=O)OC)COC(=O)C(=O)OC. The summed E-state index contributed by atoms with van der Waals surface area (Å²) in [6, 6.07) is 12.8. The Morgan fingerprint density at radius 2 is 1.17 bits per heavy atom. The minimum atomic E-state index is -1.39. The van der Waals surface area contributed by atoms with Gasteiger partial charge < -0.3 is 28.4 Å². The van der Waals surface area contributed by atoms with Crippen molar-refractivity contribution >= 4 is 35.8 Å². The fraction of sp³-hybridized carbons (Fsp3) is 0.353. The normalized spacial score (nSPS) is 10.6. The highest BCUT2D eigenvalue weighted by Crippen LogP contribution is 2.31. The maximum Gasteiger partial charge on any atom is 0.417 e. The Labute approximate surface area is 267 Å². The lowest BCUT2D eigenvalue weighted by atomic mass is 9.83. The molecule has 0 N–H and O–H groups in total. The Morgan fingerprint density at radius 1 is 0.674 bits per heavy atom. The summed E-state index contributed by atoms with van der Waals surface area (Å²) in [5.74, 6) is -6.02. The predicted molar refractivity (Wildman–Crippen MR) is 164 cm³/mol. The number of esters is 6. The molecule has 0 aromatic heterocycles. The van der Waals surface area contributed by atoms with Crippen molar-refractivity contribution in [2.45, 2.75) is 40.0 Å². The lowest BCUT2D eigenvalue weighted by Gasteiger charge is -2.32. The molecule has 2 rings (SSSR count). The Bertz CT molecular complexity index is 1450. The van der Waals surface area contributed by atoms with E-state index in [9.17, 15) is 28.8 Å². The first-order valence-corrected chi connectivity index (χ1v) is 14.2. The van der Waals surface area contributed by atoms with Crippen LogP contribution in [0.1, 0.15) is 38.3 Å². The number of carbonyl (C=O) groups excluding carboxylic acids is 6. The lowest BCUT2D eigenvalue weighted by molar-refractivity contribution is -0.176. The van der Waals surface area contributed by atoms with E-state index in [1.54, 1.807) is 19.1 Å². The fourth-order valence-electron chi connectivity index (χ4n) is 4.09. The molecule has 0 unspecified atom stereocenters. The number of rotatable bonds is 14. The van der Waals surface area contributed by atoms with Crippen molar-refractivity contribution in [2.75, 3.05) is 34.0 Å². The molecule has 46 heavy (non-hydrogen) atoms. The quantitative estimate of drug-likeness (QED) is 0.0969. The molecule has 0 amide bonds. The molecule has 0 heterocycles. The average molecular weight is 639 g/mol. The van der Waals surface area contributed by atoms with Crippen LogP contribution in [0.15, 0.2) is 66.8 Å². The van der Waals surface area contributed by atoms with Gasteiger partial charge >= 0.3 is 35.8 Å². The number of hydrogen-bond acceptors (Lipinski definition) is 12. The van der Waals surface area contributed by atoms with Gasteiger partial charge in [0.25, 0.3) is 0 Å². The van der Waals surface area contributed by atoms with E-state index in [0.29, 0.717) is 18.6 Å². The van der Waals surface area contributed by atoms with Crippen molar-refractivity contribution < 1.29 is 57.2 Å². The molecule has 246 valence electrons. The van der Waals surface area contributed by atoms with Gasteiger partial charge in [-0.15, -0.1) is 0 Å². The smallest absolute Gasteiger partial charge is 0.417 e. The summed E-state index contributed by atoms with van der Waals surface area (Å²) in [7, 11) is 2.01. The highest BCUT2D eigenvalue weighted by atomic mass is 16.6. The van der Waals surface area contributed by atoms with E-state index in [2.05, 4.69) is 22.6 Å². The van der Waals surface area contributed by atoms with E-state index >= 15 is 0 Å². The molecule has 0 saturated carbocycles. The van der Waals surface area contributed by atoms with Crippen LogP contribution in [0.5, 0.6) is 5.75 Å². The number of methoxy groups -OCH3 is 2. The van der Waals surface area contributed by atoms with Gasteiger partial charge in [-0.2, -0.15) is 0 Å². The molecular weight excluding hydrogens is 600 g/mol. The molecule has 0 bridgehead atoms. The van der Waals surface area contributed by atoms with Gasteiger partial charge in [0, 0.05) is 11.1 Å². The van der Waals surface area contributed by atoms with Crippen LogP contribution in [0.25, 0.3) is 11.1 Å². The topological polar surface area (TPSA) is 158 Å². The minimum Gasteiger partial charge on any atom is -0.461 e. The zero-order valence-corrected chi connectivity index (χ0v) is 26.6. The summed E-state index contributed by atoms with van der Waals surface area (Å²) in [5, 5.41) is 0. The standard InChI is InChI=1S/C34H38O12/c1-8-24-17-23(9-14-27(24)25-10-12-26(13-11-25)46-29(36)22(4)5)15-16-34(18-43-28(35)21(2)3,19-44-32(39)30(37)41-6)20-45-33(40)31(38)42-7/h9-14,17H,2,4,8,15-16,18-20H2,1,3,5-7H3. The van der Waals surface area contributed by atoms with Crippen molar-refractivity contribution in [1.82, 2.24) is 0 Å². The lowest BCUT2D eigenvalue weighted by Crippen LogP contribution is -2.41. The molecule has 0 fully saturated rings. The summed E-state index contributed by atoms with van der Waals surface area (Å²) in [6.45, 7) is 10.7. The summed E-state index contributed by atoms with van der Waals surface area (Å²) < 4.78 is 29.8. The van der Waals surface area contributed by atoms with Crippen LogP contribution < -0.4 is 4.74 Å². The van der Waals surface area contributed by atoms with Gasteiger partial charge in [-0.1, -0.05) is 50.4 Å². The van der Waals surface area contributed by atoms with Gasteiger partial charge in [-0.05, 0) is 67.5 Å². The third-order valence-electron chi connectivity index (χ3n) is 6.80. The molecule has 0 aliphatic heterocycles. The van der Waals surface area contributed by atoms with Crippen LogP contribution in [0.3, 0.4) is 0 Å². The van der Waals surface area contributed by atoms with Crippen molar-refractivity contribution in [3.63, 3.8) is 0 Å². The predicted octanol–water partition coefficient (Wildman–Crippen LogP) is 3.87. The minimum absolute atomic E-state index is 0.0946. The molecule has 12 nitrogen and oxygen atoms in total. The van der Waals surface area contributed by atoms with E-state index in [1.807, 2.05) is 37.3 Å². The number of hydrogen-bond donors (Lipinski definition) is 0. The first-order chi connectivity index (χ1) is 21.7. The maximum atomic E-state index is 12.3. The zero-order valence-electron chi connectivity index (χ0n) is 26.6. The van der Waals surface area contributed by atoms with Crippen molar-refractivity contribution in [1.29, 1.82) is 0 Å². The third kappa shape index (κ3) is 10.7. The second-order valence-electron chi connectivity index (χ2n) is 10.5. The molecule has 2 aromatic carbocycles. The van der Waals surface area contributed by atoms with Gasteiger partial charge in [0.15, 0.2) is 0 Å². The maximum absolute atomic E-state index is 12.3. The molecule has 12 heteroatoms. The van der Waals surface area contributed by atoms with Crippen molar-refractivity contribution in [3.05, 3.63) is 77.9 Å². The first kappa shape index (κ1) is 36.9. The molecule has 2 aromatic rings. The van der Waals surface area contributed by atoms with Crippen LogP contribution in [-0.2, 0) is 65.3 Å². The Hall–Kier alpha value is -5.26. The van der Waals surface area contributed by atoms with E-state index in [4.69, 9.17) is 18.9 Å². The van der Waals surface area contributed by atoms with Crippen LogP contribution in [-0.4, -0.2) is 69.9 Å². The molecular formula is C34H38O12. The molecule has 0 spiro atoms. The van der Waals surface area contributed by atoms with E-state index in [1.165, 1.54) is 6.92 Å². The summed E-state index contributed by atoms with van der Waals surface area (Å²) >= 11 is 0. The van der Waals surface area contributed by atoms with Gasteiger partial charge in [-0.25, -0.2) is 28.8 Å². The molecule has 0 atom stereocenters. The second-order valence-corrected chi connectivity index (χ2v) is 10.5. The highest BCUT2D eigenvalue weighted by Gasteiger charge is 2.37. The first-order valence-electron chi connectivity index (χ1n) is 14.2. The van der Waals surface area contributed by atoms with Crippen LogP contribution in [0, 0.1) is 5.41 Å². The van der Waals surface area contributed by atoms with Gasteiger partial charge in [0.2, 0.25) is 0 Å². The Morgan fingerprint density at radius 3 is 1.63 bits per heavy atom. The van der Waals surface area contributed by atoms with Crippen LogP contribution in [0.4, 0.5) is 0 Å². The van der Waals surface area contributed by atoms with Crippen LogP contribution in [0.2, 0.25) is 0 Å². The molecule has 0 aliphatic carbocycles. The fourth-order valence-corrected chi connectivity index (χ4v) is 4.09. The average Bonchev–Trinajstić information content (AvgIpc) is 3.06. The number of aryl methyl sites for hydroxylation is 2. The van der Waals surface area contributed by atoms with Crippen molar-refractivity contribution in [3.8, 4) is 16.9 Å². The summed E-state index contributed by atoms with van der Waals surface area (Å²) in [5.41, 5.74) is 2.68. The van der Waals surface area contributed by atoms with E-state index in [0.717, 1.165) is 36.5 Å². The zero-order chi connectivity index (χ0) is 34.4. The number of ether oxygens (including phenoxy) is 6. The van der Waals surface area contributed by atoms with E-state index in [-0.39, 0.29) is 17.6 Å². The summed E-state index contributed by atoms with van der Waals surface area (Å²) in [4.78, 5) is 71.9. The van der Waals surface area contributed by atoms with Crippen LogP contribution >= 0.6 is 0 Å². The van der Waals surface area contributed by atoms with E-state index < -0.39 is 61.1 Å². The summed E-state index contributed by atoms with van der Waals surface area (Å²) in [6.07, 6.45) is 1.11. The molecule has 0 aliphatic rings. The van der Waals surface area contributed by atoms with Gasteiger partial charge in [0.05, 0.1) is 19.6 Å². The van der Waals surface area contributed by atoms with Gasteiger partial charge in [0.1, 0.15) is 25.6 Å². The highest BCUT2D eigenvalue weighted by molar-refractivity contribution is 6.30.